The van der Waals surface area contributed by atoms with Crippen LogP contribution in [-0.2, 0) is 9.59 Å². The molecule has 2 atom stereocenters. The van der Waals surface area contributed by atoms with Gasteiger partial charge < -0.3 is 15.4 Å². The number of rotatable bonds is 5. The second-order valence-corrected chi connectivity index (χ2v) is 7.92. The highest BCUT2D eigenvalue weighted by atomic mass is 32.2. The Morgan fingerprint density at radius 2 is 1.62 bits per heavy atom. The summed E-state index contributed by atoms with van der Waals surface area (Å²) in [4.78, 5) is 26.1. The first-order valence-electron chi connectivity index (χ1n) is 9.30. The quantitative estimate of drug-likeness (QED) is 0.616. The van der Waals surface area contributed by atoms with Crippen LogP contribution >= 0.6 is 11.8 Å². The molecule has 146 valence electrons. The fourth-order valence-corrected chi connectivity index (χ4v) is 4.19. The lowest BCUT2D eigenvalue weighted by molar-refractivity contribution is -0.123. The molecular formula is C23H20N2O3S. The van der Waals surface area contributed by atoms with E-state index in [-0.39, 0.29) is 11.8 Å². The van der Waals surface area contributed by atoms with Gasteiger partial charge in [0.2, 0.25) is 11.8 Å². The average Bonchev–Trinajstić information content (AvgIpc) is 2.75. The van der Waals surface area contributed by atoms with Crippen molar-refractivity contribution in [3.63, 3.8) is 0 Å². The van der Waals surface area contributed by atoms with Crippen LogP contribution in [0.3, 0.4) is 0 Å². The lowest BCUT2D eigenvalue weighted by Gasteiger charge is -2.27. The molecule has 0 spiro atoms. The number of hydrogen-bond acceptors (Lipinski definition) is 4. The van der Waals surface area contributed by atoms with Gasteiger partial charge >= 0.3 is 0 Å². The first kappa shape index (κ1) is 19.1. The van der Waals surface area contributed by atoms with E-state index in [1.807, 2.05) is 54.6 Å². The fraction of sp³-hybridized carbons (Fsp3) is 0.130. The zero-order chi connectivity index (χ0) is 20.2. The predicted molar refractivity (Wildman–Crippen MR) is 115 cm³/mol. The molecule has 6 heteroatoms. The van der Waals surface area contributed by atoms with E-state index >= 15 is 0 Å². The normalized spacial score (nSPS) is 16.3. The number of fused-ring (bicyclic) bond motifs is 1. The summed E-state index contributed by atoms with van der Waals surface area (Å²) in [6.45, 7) is 1.77. The topological polar surface area (TPSA) is 67.4 Å². The Morgan fingerprint density at radius 1 is 0.966 bits per heavy atom. The van der Waals surface area contributed by atoms with Crippen molar-refractivity contribution < 1.29 is 14.3 Å². The number of para-hydroxylation sites is 2. The zero-order valence-electron chi connectivity index (χ0n) is 15.8. The molecular weight excluding hydrogens is 384 g/mol. The Kier molecular flexibility index (Phi) is 5.53. The Bertz CT molecular complexity index is 1020. The van der Waals surface area contributed by atoms with Crippen molar-refractivity contribution in [3.8, 4) is 11.5 Å². The number of hydrogen-bond donors (Lipinski definition) is 2. The molecule has 1 aliphatic heterocycles. The molecule has 0 radical (unpaired) electrons. The standard InChI is InChI=1S/C23H20N2O3S/c1-15(21-23(27)25-19-9-5-6-10-20(19)29-21)22(26)24-16-11-13-18(14-12-16)28-17-7-3-2-4-8-17/h2-15,21H,1H3,(H,24,26)(H,25,27)/t15-,21+/m1/s1. The molecule has 1 heterocycles. The monoisotopic (exact) mass is 404 g/mol. The summed E-state index contributed by atoms with van der Waals surface area (Å²) in [6.07, 6.45) is 0. The van der Waals surface area contributed by atoms with Crippen LogP contribution in [0.4, 0.5) is 11.4 Å². The number of benzene rings is 3. The highest BCUT2D eigenvalue weighted by molar-refractivity contribution is 8.01. The van der Waals surface area contributed by atoms with Crippen molar-refractivity contribution in [2.45, 2.75) is 17.1 Å². The van der Waals surface area contributed by atoms with Gasteiger partial charge in [0.25, 0.3) is 0 Å². The lowest BCUT2D eigenvalue weighted by Crippen LogP contribution is -2.39. The molecule has 2 amide bonds. The smallest absolute Gasteiger partial charge is 0.238 e. The molecule has 0 saturated carbocycles. The van der Waals surface area contributed by atoms with Crippen molar-refractivity contribution >= 4 is 35.0 Å². The predicted octanol–water partition coefficient (Wildman–Crippen LogP) is 5.17. The largest absolute Gasteiger partial charge is 0.457 e. The third-order valence-corrected chi connectivity index (χ3v) is 6.11. The van der Waals surface area contributed by atoms with Crippen LogP contribution in [0, 0.1) is 5.92 Å². The highest BCUT2D eigenvalue weighted by Gasteiger charge is 2.35. The van der Waals surface area contributed by atoms with Gasteiger partial charge in [-0.1, -0.05) is 37.3 Å². The number of carbonyl (C=O) groups excluding carboxylic acids is 2. The molecule has 0 bridgehead atoms. The Hall–Kier alpha value is -3.25. The molecule has 0 aromatic heterocycles. The summed E-state index contributed by atoms with van der Waals surface area (Å²) in [7, 11) is 0. The molecule has 3 aromatic rings. The maximum atomic E-state index is 12.7. The van der Waals surface area contributed by atoms with E-state index in [1.165, 1.54) is 11.8 Å². The van der Waals surface area contributed by atoms with Crippen LogP contribution in [-0.4, -0.2) is 17.1 Å². The van der Waals surface area contributed by atoms with Crippen molar-refractivity contribution in [2.75, 3.05) is 10.6 Å². The van der Waals surface area contributed by atoms with Gasteiger partial charge in [-0.25, -0.2) is 0 Å². The first-order valence-corrected chi connectivity index (χ1v) is 10.2. The summed E-state index contributed by atoms with van der Waals surface area (Å²) in [5.41, 5.74) is 1.45. The second-order valence-electron chi connectivity index (χ2n) is 6.74. The minimum Gasteiger partial charge on any atom is -0.457 e. The maximum Gasteiger partial charge on any atom is 0.238 e. The van der Waals surface area contributed by atoms with Gasteiger partial charge in [0, 0.05) is 10.6 Å². The third-order valence-electron chi connectivity index (χ3n) is 4.63. The summed E-state index contributed by atoms with van der Waals surface area (Å²) >= 11 is 1.42. The maximum absolute atomic E-state index is 12.7. The van der Waals surface area contributed by atoms with Crippen molar-refractivity contribution in [1.82, 2.24) is 0 Å². The fourth-order valence-electron chi connectivity index (χ4n) is 3.02. The van der Waals surface area contributed by atoms with E-state index < -0.39 is 11.2 Å². The van der Waals surface area contributed by atoms with Gasteiger partial charge in [-0.3, -0.25) is 9.59 Å². The Labute approximate surface area is 173 Å². The zero-order valence-corrected chi connectivity index (χ0v) is 16.6. The van der Waals surface area contributed by atoms with E-state index in [0.717, 1.165) is 16.3 Å². The van der Waals surface area contributed by atoms with Crippen LogP contribution < -0.4 is 15.4 Å². The van der Waals surface area contributed by atoms with Crippen molar-refractivity contribution in [3.05, 3.63) is 78.9 Å². The first-order chi connectivity index (χ1) is 14.1. The number of carbonyl (C=O) groups is 2. The minimum atomic E-state index is -0.492. The molecule has 3 aromatic carbocycles. The lowest BCUT2D eigenvalue weighted by atomic mass is 10.1. The molecule has 0 fully saturated rings. The van der Waals surface area contributed by atoms with Gasteiger partial charge in [-0.05, 0) is 48.5 Å². The van der Waals surface area contributed by atoms with Gasteiger partial charge in [0.05, 0.1) is 16.9 Å². The average molecular weight is 404 g/mol. The molecule has 0 unspecified atom stereocenters. The third kappa shape index (κ3) is 4.43. The molecule has 2 N–H and O–H groups in total. The van der Waals surface area contributed by atoms with Crippen molar-refractivity contribution in [2.24, 2.45) is 5.92 Å². The molecule has 29 heavy (non-hydrogen) atoms. The molecule has 0 aliphatic carbocycles. The van der Waals surface area contributed by atoms with Gasteiger partial charge in [0.1, 0.15) is 11.5 Å². The minimum absolute atomic E-state index is 0.150. The van der Waals surface area contributed by atoms with E-state index in [0.29, 0.717) is 11.4 Å². The van der Waals surface area contributed by atoms with Crippen LogP contribution in [0.5, 0.6) is 11.5 Å². The van der Waals surface area contributed by atoms with E-state index in [4.69, 9.17) is 4.74 Å². The van der Waals surface area contributed by atoms with Crippen LogP contribution in [0.1, 0.15) is 6.92 Å². The van der Waals surface area contributed by atoms with Gasteiger partial charge in [0.15, 0.2) is 0 Å². The number of anilines is 2. The van der Waals surface area contributed by atoms with Crippen LogP contribution in [0.2, 0.25) is 0 Å². The number of amides is 2. The van der Waals surface area contributed by atoms with E-state index in [9.17, 15) is 9.59 Å². The van der Waals surface area contributed by atoms with Crippen LogP contribution in [0.15, 0.2) is 83.8 Å². The summed E-state index contributed by atoms with van der Waals surface area (Å²) in [5, 5.41) is 5.29. The summed E-state index contributed by atoms with van der Waals surface area (Å²) in [6, 6.07) is 24.3. The van der Waals surface area contributed by atoms with Crippen molar-refractivity contribution in [1.29, 1.82) is 0 Å². The van der Waals surface area contributed by atoms with Gasteiger partial charge in [-0.15, -0.1) is 11.8 Å². The van der Waals surface area contributed by atoms with E-state index in [2.05, 4.69) is 10.6 Å². The molecule has 5 nitrogen and oxygen atoms in total. The van der Waals surface area contributed by atoms with E-state index in [1.54, 1.807) is 31.2 Å². The Balaban J connectivity index is 1.39. The number of thioether (sulfide) groups is 1. The number of nitrogens with one attached hydrogen (secondary N) is 2. The molecule has 0 saturated heterocycles. The Morgan fingerprint density at radius 3 is 2.38 bits per heavy atom. The molecule has 4 rings (SSSR count). The SMILES string of the molecule is C[C@@H](C(=O)Nc1ccc(Oc2ccccc2)cc1)[C@@H]1Sc2ccccc2NC1=O. The second kappa shape index (κ2) is 8.41. The van der Waals surface area contributed by atoms with Crippen LogP contribution in [0.25, 0.3) is 0 Å². The molecule has 1 aliphatic rings. The highest BCUT2D eigenvalue weighted by Crippen LogP contribution is 2.38. The summed E-state index contributed by atoms with van der Waals surface area (Å²) in [5.74, 6) is 0.588. The summed E-state index contributed by atoms with van der Waals surface area (Å²) < 4.78 is 5.76. The number of ether oxygens (including phenoxy) is 1. The van der Waals surface area contributed by atoms with Gasteiger partial charge in [-0.2, -0.15) is 0 Å².